The van der Waals surface area contributed by atoms with Crippen LogP contribution in [0.25, 0.3) is 11.0 Å². The second-order valence-electron chi connectivity index (χ2n) is 3.20. The van der Waals surface area contributed by atoms with Crippen molar-refractivity contribution in [2.24, 2.45) is 5.73 Å². The molecule has 0 aliphatic rings. The van der Waals surface area contributed by atoms with E-state index in [-0.39, 0.29) is 5.91 Å². The molecular formula is C10H11N5O. The fourth-order valence-electron chi connectivity index (χ4n) is 1.29. The van der Waals surface area contributed by atoms with Crippen molar-refractivity contribution in [3.63, 3.8) is 0 Å². The average Bonchev–Trinajstić information content (AvgIpc) is 2.35. The van der Waals surface area contributed by atoms with Crippen LogP contribution in [0.2, 0.25) is 0 Å². The number of hydrogen-bond donors (Lipinski definition) is 2. The highest BCUT2D eigenvalue weighted by atomic mass is 16.1. The van der Waals surface area contributed by atoms with Gasteiger partial charge in [-0.25, -0.2) is 15.0 Å². The molecule has 0 unspecified atom stereocenters. The van der Waals surface area contributed by atoms with Gasteiger partial charge < -0.3 is 11.1 Å². The SMILES string of the molecule is NCCNC(=O)c1cnc2ncncc2c1. The van der Waals surface area contributed by atoms with Gasteiger partial charge in [-0.2, -0.15) is 0 Å². The highest BCUT2D eigenvalue weighted by Crippen LogP contribution is 2.08. The molecule has 2 aromatic heterocycles. The molecule has 0 aliphatic carbocycles. The number of pyridine rings is 1. The number of nitrogens with one attached hydrogen (secondary N) is 1. The van der Waals surface area contributed by atoms with Crippen molar-refractivity contribution in [1.29, 1.82) is 0 Å². The molecular weight excluding hydrogens is 206 g/mol. The number of rotatable bonds is 3. The number of fused-ring (bicyclic) bond motifs is 1. The van der Waals surface area contributed by atoms with Crippen molar-refractivity contribution in [3.8, 4) is 0 Å². The molecule has 0 saturated heterocycles. The van der Waals surface area contributed by atoms with Gasteiger partial charge in [0.05, 0.1) is 5.56 Å². The van der Waals surface area contributed by atoms with Crippen LogP contribution in [0, 0.1) is 0 Å². The molecule has 2 heterocycles. The Balaban J connectivity index is 2.28. The van der Waals surface area contributed by atoms with E-state index in [1.165, 1.54) is 12.5 Å². The third kappa shape index (κ3) is 2.12. The summed E-state index contributed by atoms with van der Waals surface area (Å²) >= 11 is 0. The molecule has 0 radical (unpaired) electrons. The first kappa shape index (κ1) is 10.4. The van der Waals surface area contributed by atoms with Crippen LogP contribution >= 0.6 is 0 Å². The lowest BCUT2D eigenvalue weighted by Crippen LogP contribution is -2.29. The third-order valence-electron chi connectivity index (χ3n) is 2.05. The number of carbonyl (C=O) groups excluding carboxylic acids is 1. The van der Waals surface area contributed by atoms with E-state index in [0.717, 1.165) is 5.39 Å². The Morgan fingerprint density at radius 3 is 3.06 bits per heavy atom. The summed E-state index contributed by atoms with van der Waals surface area (Å²) in [6, 6.07) is 1.70. The third-order valence-corrected chi connectivity index (χ3v) is 2.05. The monoisotopic (exact) mass is 217 g/mol. The maximum Gasteiger partial charge on any atom is 0.252 e. The highest BCUT2D eigenvalue weighted by molar-refractivity contribution is 5.96. The van der Waals surface area contributed by atoms with E-state index in [4.69, 9.17) is 5.73 Å². The molecule has 6 heteroatoms. The molecule has 0 bridgehead atoms. The number of nitrogens with zero attached hydrogens (tertiary/aromatic N) is 3. The van der Waals surface area contributed by atoms with Gasteiger partial charge in [0, 0.05) is 30.9 Å². The van der Waals surface area contributed by atoms with Crippen LogP contribution in [-0.4, -0.2) is 33.9 Å². The summed E-state index contributed by atoms with van der Waals surface area (Å²) in [7, 11) is 0. The normalized spacial score (nSPS) is 10.3. The van der Waals surface area contributed by atoms with Crippen molar-refractivity contribution in [1.82, 2.24) is 20.3 Å². The molecule has 2 rings (SSSR count). The van der Waals surface area contributed by atoms with Crippen molar-refractivity contribution >= 4 is 16.9 Å². The van der Waals surface area contributed by atoms with Gasteiger partial charge in [-0.15, -0.1) is 0 Å². The first-order valence-corrected chi connectivity index (χ1v) is 4.85. The van der Waals surface area contributed by atoms with E-state index < -0.39 is 0 Å². The molecule has 0 atom stereocenters. The minimum absolute atomic E-state index is 0.191. The van der Waals surface area contributed by atoms with E-state index in [1.807, 2.05) is 0 Å². The Labute approximate surface area is 91.9 Å². The topological polar surface area (TPSA) is 93.8 Å². The number of nitrogens with two attached hydrogens (primary N) is 1. The average molecular weight is 217 g/mol. The van der Waals surface area contributed by atoms with Gasteiger partial charge >= 0.3 is 0 Å². The molecule has 0 saturated carbocycles. The minimum Gasteiger partial charge on any atom is -0.351 e. The number of hydrogen-bond acceptors (Lipinski definition) is 5. The summed E-state index contributed by atoms with van der Waals surface area (Å²) < 4.78 is 0. The molecule has 82 valence electrons. The van der Waals surface area contributed by atoms with Crippen LogP contribution in [0.3, 0.4) is 0 Å². The first-order chi connectivity index (χ1) is 7.81. The minimum atomic E-state index is -0.191. The molecule has 6 nitrogen and oxygen atoms in total. The quantitative estimate of drug-likeness (QED) is 0.737. The van der Waals surface area contributed by atoms with Crippen LogP contribution < -0.4 is 11.1 Å². The van der Waals surface area contributed by atoms with Gasteiger partial charge in [0.1, 0.15) is 6.33 Å². The Bertz CT molecular complexity index is 513. The Morgan fingerprint density at radius 2 is 2.25 bits per heavy atom. The lowest BCUT2D eigenvalue weighted by molar-refractivity contribution is 0.0954. The second kappa shape index (κ2) is 4.63. The highest BCUT2D eigenvalue weighted by Gasteiger charge is 2.06. The largest absolute Gasteiger partial charge is 0.351 e. The van der Waals surface area contributed by atoms with Crippen LogP contribution in [0.4, 0.5) is 0 Å². The van der Waals surface area contributed by atoms with E-state index >= 15 is 0 Å². The zero-order valence-corrected chi connectivity index (χ0v) is 8.55. The molecule has 0 aromatic carbocycles. The van der Waals surface area contributed by atoms with Gasteiger partial charge in [0.25, 0.3) is 5.91 Å². The molecule has 1 amide bonds. The van der Waals surface area contributed by atoms with Crippen LogP contribution in [0.15, 0.2) is 24.8 Å². The standard InChI is InChI=1S/C10H11N5O/c11-1-2-13-10(16)8-3-7-4-12-6-15-9(7)14-5-8/h3-6H,1-2,11H2,(H,13,16). The Kier molecular flexibility index (Phi) is 3.02. The maximum absolute atomic E-state index is 11.6. The van der Waals surface area contributed by atoms with Gasteiger partial charge in [0.15, 0.2) is 5.65 Å². The predicted molar refractivity (Wildman–Crippen MR) is 58.7 cm³/mol. The number of aromatic nitrogens is 3. The molecule has 3 N–H and O–H groups in total. The Hall–Kier alpha value is -2.08. The van der Waals surface area contributed by atoms with E-state index in [9.17, 15) is 4.79 Å². The van der Waals surface area contributed by atoms with Crippen molar-refractivity contribution in [2.45, 2.75) is 0 Å². The van der Waals surface area contributed by atoms with Gasteiger partial charge in [-0.3, -0.25) is 4.79 Å². The van der Waals surface area contributed by atoms with Crippen molar-refractivity contribution in [2.75, 3.05) is 13.1 Å². The summed E-state index contributed by atoms with van der Waals surface area (Å²) in [4.78, 5) is 23.5. The van der Waals surface area contributed by atoms with Gasteiger partial charge in [-0.1, -0.05) is 0 Å². The molecule has 0 fully saturated rings. The lowest BCUT2D eigenvalue weighted by atomic mass is 10.2. The molecule has 16 heavy (non-hydrogen) atoms. The Morgan fingerprint density at radius 1 is 1.38 bits per heavy atom. The van der Waals surface area contributed by atoms with Crippen molar-refractivity contribution in [3.05, 3.63) is 30.4 Å². The van der Waals surface area contributed by atoms with Crippen LogP contribution in [0.5, 0.6) is 0 Å². The maximum atomic E-state index is 11.6. The smallest absolute Gasteiger partial charge is 0.252 e. The zero-order chi connectivity index (χ0) is 11.4. The van der Waals surface area contributed by atoms with Gasteiger partial charge in [0.2, 0.25) is 0 Å². The molecule has 2 aromatic rings. The van der Waals surface area contributed by atoms with Gasteiger partial charge in [-0.05, 0) is 6.07 Å². The van der Waals surface area contributed by atoms with Crippen LogP contribution in [-0.2, 0) is 0 Å². The lowest BCUT2D eigenvalue weighted by Gasteiger charge is -2.03. The van der Waals surface area contributed by atoms with E-state index in [2.05, 4.69) is 20.3 Å². The molecule has 0 spiro atoms. The summed E-state index contributed by atoms with van der Waals surface area (Å²) in [5.41, 5.74) is 6.35. The fourth-order valence-corrected chi connectivity index (χ4v) is 1.29. The fraction of sp³-hybridized carbons (Fsp3) is 0.200. The van der Waals surface area contributed by atoms with E-state index in [1.54, 1.807) is 12.3 Å². The molecule has 0 aliphatic heterocycles. The predicted octanol–water partition coefficient (Wildman–Crippen LogP) is -0.287. The second-order valence-corrected chi connectivity index (χ2v) is 3.20. The van der Waals surface area contributed by atoms with E-state index in [0.29, 0.717) is 24.3 Å². The van der Waals surface area contributed by atoms with Crippen LogP contribution in [0.1, 0.15) is 10.4 Å². The zero-order valence-electron chi connectivity index (χ0n) is 8.55. The first-order valence-electron chi connectivity index (χ1n) is 4.85. The summed E-state index contributed by atoms with van der Waals surface area (Å²) in [5, 5.41) is 3.41. The number of amides is 1. The summed E-state index contributed by atoms with van der Waals surface area (Å²) in [5.74, 6) is -0.191. The number of carbonyl (C=O) groups is 1. The summed E-state index contributed by atoms with van der Waals surface area (Å²) in [6.45, 7) is 0.859. The summed E-state index contributed by atoms with van der Waals surface area (Å²) in [6.07, 6.45) is 4.53. The van der Waals surface area contributed by atoms with Crippen molar-refractivity contribution < 1.29 is 4.79 Å².